The first-order chi connectivity index (χ1) is 12.6. The molecule has 1 aliphatic rings. The lowest BCUT2D eigenvalue weighted by atomic mass is 10.1. The van der Waals surface area contributed by atoms with Gasteiger partial charge in [-0.25, -0.2) is 8.42 Å². The molecule has 1 aliphatic heterocycles. The van der Waals surface area contributed by atoms with Crippen molar-refractivity contribution in [1.82, 2.24) is 5.32 Å². The molecule has 4 rings (SSSR count). The molecule has 132 valence electrons. The number of sulfone groups is 1. The average molecular weight is 365 g/mol. The fourth-order valence-electron chi connectivity index (χ4n) is 3.08. The van der Waals surface area contributed by atoms with Crippen molar-refractivity contribution in [1.29, 1.82) is 0 Å². The summed E-state index contributed by atoms with van der Waals surface area (Å²) in [6, 6.07) is 18.8. The number of hydrogen-bond acceptors (Lipinski definition) is 4. The molecular formula is C21H19NO3S. The van der Waals surface area contributed by atoms with Gasteiger partial charge in [0.05, 0.1) is 11.2 Å². The molecule has 0 fully saturated rings. The maximum absolute atomic E-state index is 12.9. The Bertz CT molecular complexity index is 1020. The molecule has 3 aromatic rings. The van der Waals surface area contributed by atoms with Gasteiger partial charge in [0.25, 0.3) is 0 Å². The molecule has 0 aliphatic carbocycles. The number of furan rings is 1. The minimum atomic E-state index is -3.46. The molecule has 4 nitrogen and oxygen atoms in total. The van der Waals surface area contributed by atoms with E-state index in [-0.39, 0.29) is 0 Å². The van der Waals surface area contributed by atoms with E-state index in [2.05, 4.69) is 5.32 Å². The van der Waals surface area contributed by atoms with Crippen LogP contribution in [0.4, 0.5) is 0 Å². The van der Waals surface area contributed by atoms with Crippen LogP contribution < -0.4 is 5.32 Å². The number of benzene rings is 2. The highest BCUT2D eigenvalue weighted by Gasteiger charge is 2.32. The zero-order valence-electron chi connectivity index (χ0n) is 14.1. The number of nitrogens with one attached hydrogen (secondary N) is 1. The Morgan fingerprint density at radius 3 is 2.35 bits per heavy atom. The fourth-order valence-corrected chi connectivity index (χ4v) is 4.59. The third-order valence-corrected chi connectivity index (χ3v) is 6.59. The van der Waals surface area contributed by atoms with E-state index >= 15 is 0 Å². The van der Waals surface area contributed by atoms with Crippen LogP contribution in [0.1, 0.15) is 22.5 Å². The third-order valence-electron chi connectivity index (χ3n) is 4.58. The molecular weight excluding hydrogens is 346 g/mol. The predicted octanol–water partition coefficient (Wildman–Crippen LogP) is 3.90. The molecule has 5 heteroatoms. The van der Waals surface area contributed by atoms with E-state index in [0.29, 0.717) is 17.9 Å². The van der Waals surface area contributed by atoms with E-state index < -0.39 is 15.2 Å². The molecule has 1 unspecified atom stereocenters. The molecule has 0 bridgehead atoms. The topological polar surface area (TPSA) is 59.3 Å². The normalized spacial score (nSPS) is 17.3. The highest BCUT2D eigenvalue weighted by atomic mass is 32.2. The number of rotatable bonds is 4. The molecule has 1 aromatic heterocycles. The van der Waals surface area contributed by atoms with Crippen molar-refractivity contribution in [2.45, 2.75) is 23.2 Å². The van der Waals surface area contributed by atoms with Gasteiger partial charge in [-0.05, 0) is 29.3 Å². The lowest BCUT2D eigenvalue weighted by molar-refractivity contribution is 0.448. The predicted molar refractivity (Wildman–Crippen MR) is 102 cm³/mol. The van der Waals surface area contributed by atoms with Crippen LogP contribution in [0.25, 0.3) is 12.2 Å². The Labute approximate surface area is 153 Å². The summed E-state index contributed by atoms with van der Waals surface area (Å²) in [6.07, 6.45) is 5.93. The van der Waals surface area contributed by atoms with Gasteiger partial charge >= 0.3 is 0 Å². The summed E-state index contributed by atoms with van der Waals surface area (Å²) in [7, 11) is -3.46. The van der Waals surface area contributed by atoms with Gasteiger partial charge in [-0.1, -0.05) is 54.6 Å². The van der Waals surface area contributed by atoms with E-state index in [9.17, 15) is 8.42 Å². The molecule has 1 N–H and O–H groups in total. The molecule has 2 aromatic carbocycles. The number of fused-ring (bicyclic) bond motifs is 1. The molecule has 1 atom stereocenters. The summed E-state index contributed by atoms with van der Waals surface area (Å²) >= 11 is 0. The van der Waals surface area contributed by atoms with Crippen LogP contribution in [0.3, 0.4) is 0 Å². The molecule has 26 heavy (non-hydrogen) atoms. The number of hydrogen-bond donors (Lipinski definition) is 1. The second-order valence-electron chi connectivity index (χ2n) is 6.30. The van der Waals surface area contributed by atoms with Crippen LogP contribution in [0.15, 0.2) is 76.2 Å². The van der Waals surface area contributed by atoms with Gasteiger partial charge in [0.1, 0.15) is 11.1 Å². The van der Waals surface area contributed by atoms with Crippen LogP contribution >= 0.6 is 0 Å². The fraction of sp³-hybridized carbons (Fsp3) is 0.143. The Hall–Kier alpha value is -2.63. The summed E-state index contributed by atoms with van der Waals surface area (Å²) in [5, 5.41) is 2.44. The summed E-state index contributed by atoms with van der Waals surface area (Å²) in [5.74, 6) is 0.750. The van der Waals surface area contributed by atoms with Gasteiger partial charge in [-0.2, -0.15) is 0 Å². The van der Waals surface area contributed by atoms with Gasteiger partial charge in [-0.3, -0.25) is 5.32 Å². The largest absolute Gasteiger partial charge is 0.469 e. The summed E-state index contributed by atoms with van der Waals surface area (Å²) in [5.41, 5.74) is 3.08. The van der Waals surface area contributed by atoms with Gasteiger partial charge < -0.3 is 4.42 Å². The van der Waals surface area contributed by atoms with Crippen LogP contribution in [0.2, 0.25) is 0 Å². The molecule has 2 heterocycles. The monoisotopic (exact) mass is 365 g/mol. The van der Waals surface area contributed by atoms with E-state index in [0.717, 1.165) is 22.5 Å². The summed E-state index contributed by atoms with van der Waals surface area (Å²) in [4.78, 5) is 0.321. The standard InChI is InChI=1S/C21H19NO3S/c23-26(24,21-14-20-18(15-22-21)12-13-25-20)19-10-8-17(9-11-19)7-6-16-4-2-1-3-5-16/h1-13,21-22H,14-15H2/b7-6-. The highest BCUT2D eigenvalue weighted by Crippen LogP contribution is 2.24. The second-order valence-corrected chi connectivity index (χ2v) is 8.43. The van der Waals surface area contributed by atoms with Gasteiger partial charge in [0.15, 0.2) is 9.84 Å². The second kappa shape index (κ2) is 6.94. The minimum absolute atomic E-state index is 0.321. The van der Waals surface area contributed by atoms with Crippen LogP contribution in [-0.2, 0) is 22.8 Å². The Kier molecular flexibility index (Phi) is 4.49. The highest BCUT2D eigenvalue weighted by molar-refractivity contribution is 7.92. The quantitative estimate of drug-likeness (QED) is 0.713. The molecule has 0 amide bonds. The van der Waals surface area contributed by atoms with Gasteiger partial charge in [0.2, 0.25) is 0 Å². The molecule has 0 spiro atoms. The van der Waals surface area contributed by atoms with Crippen molar-refractivity contribution in [2.75, 3.05) is 0 Å². The van der Waals surface area contributed by atoms with Crippen molar-refractivity contribution in [3.63, 3.8) is 0 Å². The summed E-state index contributed by atoms with van der Waals surface area (Å²) < 4.78 is 31.2. The molecule has 0 saturated carbocycles. The first kappa shape index (κ1) is 16.8. The SMILES string of the molecule is O=S(=O)(c1ccc(/C=C\c2ccccc2)cc1)C1Cc2occc2CN1. The van der Waals surface area contributed by atoms with Crippen LogP contribution in [0.5, 0.6) is 0 Å². The molecule has 0 radical (unpaired) electrons. The molecule has 0 saturated heterocycles. The average Bonchev–Trinajstić information content (AvgIpc) is 3.15. The third kappa shape index (κ3) is 3.36. The lowest BCUT2D eigenvalue weighted by Crippen LogP contribution is -2.41. The van der Waals surface area contributed by atoms with Crippen molar-refractivity contribution in [2.24, 2.45) is 0 Å². The maximum Gasteiger partial charge on any atom is 0.194 e. The Morgan fingerprint density at radius 2 is 1.62 bits per heavy atom. The minimum Gasteiger partial charge on any atom is -0.469 e. The van der Waals surface area contributed by atoms with E-state index in [1.54, 1.807) is 18.4 Å². The van der Waals surface area contributed by atoms with E-state index in [1.165, 1.54) is 0 Å². The van der Waals surface area contributed by atoms with Crippen molar-refractivity contribution in [3.05, 3.63) is 89.4 Å². The van der Waals surface area contributed by atoms with Crippen molar-refractivity contribution in [3.8, 4) is 0 Å². The van der Waals surface area contributed by atoms with Crippen LogP contribution in [0, 0.1) is 0 Å². The lowest BCUT2D eigenvalue weighted by Gasteiger charge is -2.23. The van der Waals surface area contributed by atoms with Crippen LogP contribution in [-0.4, -0.2) is 13.8 Å². The maximum atomic E-state index is 12.9. The van der Waals surface area contributed by atoms with Gasteiger partial charge in [-0.15, -0.1) is 0 Å². The Balaban J connectivity index is 1.52. The van der Waals surface area contributed by atoms with E-state index in [4.69, 9.17) is 4.42 Å². The smallest absolute Gasteiger partial charge is 0.194 e. The first-order valence-corrected chi connectivity index (χ1v) is 10.0. The summed E-state index contributed by atoms with van der Waals surface area (Å²) in [6.45, 7) is 0.508. The first-order valence-electron chi connectivity index (χ1n) is 8.49. The van der Waals surface area contributed by atoms with Crippen molar-refractivity contribution < 1.29 is 12.8 Å². The van der Waals surface area contributed by atoms with Gasteiger partial charge in [0, 0.05) is 18.5 Å². The van der Waals surface area contributed by atoms with Crippen molar-refractivity contribution >= 4 is 22.0 Å². The zero-order valence-corrected chi connectivity index (χ0v) is 14.9. The zero-order chi connectivity index (χ0) is 18.0. The Morgan fingerprint density at radius 1 is 0.923 bits per heavy atom. The van der Waals surface area contributed by atoms with E-state index in [1.807, 2.05) is 60.7 Å².